The zero-order chi connectivity index (χ0) is 22.9. The number of carbonyl (C=O) groups is 2. The third-order valence-corrected chi connectivity index (χ3v) is 7.11. The molecule has 10 heteroatoms. The molecule has 9 nitrogen and oxygen atoms in total. The van der Waals surface area contributed by atoms with Crippen molar-refractivity contribution >= 4 is 27.6 Å². The lowest BCUT2D eigenvalue weighted by Crippen LogP contribution is -2.49. The maximum atomic E-state index is 12.9. The van der Waals surface area contributed by atoms with E-state index < -0.39 is 34.5 Å². The Hall–Kier alpha value is -3.27. The second-order valence-corrected chi connectivity index (χ2v) is 9.81. The van der Waals surface area contributed by atoms with Crippen LogP contribution in [0.5, 0.6) is 11.5 Å². The maximum Gasteiger partial charge on any atom is 0.336 e. The fraction of sp³-hybridized carbons (Fsp3) is 0.364. The molecule has 0 bridgehead atoms. The van der Waals surface area contributed by atoms with Gasteiger partial charge in [0.25, 0.3) is 10.0 Å². The van der Waals surface area contributed by atoms with Gasteiger partial charge in [-0.3, -0.25) is 4.79 Å². The van der Waals surface area contributed by atoms with Crippen molar-refractivity contribution in [1.82, 2.24) is 9.62 Å². The molecule has 2 aliphatic rings. The largest absolute Gasteiger partial charge is 0.490 e. The molecule has 3 amide bonds. The van der Waals surface area contributed by atoms with Gasteiger partial charge in [0.05, 0.1) is 24.9 Å². The Labute approximate surface area is 186 Å². The van der Waals surface area contributed by atoms with Crippen LogP contribution < -0.4 is 20.1 Å². The molecule has 0 aliphatic carbocycles. The van der Waals surface area contributed by atoms with Gasteiger partial charge in [0.2, 0.25) is 5.91 Å². The van der Waals surface area contributed by atoms with E-state index in [1.54, 1.807) is 18.2 Å². The predicted octanol–water partition coefficient (Wildman–Crippen LogP) is 2.90. The van der Waals surface area contributed by atoms with E-state index in [2.05, 4.69) is 10.6 Å². The van der Waals surface area contributed by atoms with E-state index in [9.17, 15) is 18.0 Å². The highest BCUT2D eigenvalue weighted by molar-refractivity contribution is 7.90. The average molecular weight is 460 g/mol. The number of rotatable bonds is 5. The molecule has 0 fully saturated rings. The molecule has 2 aromatic rings. The predicted molar refractivity (Wildman–Crippen MR) is 117 cm³/mol. The van der Waals surface area contributed by atoms with Crippen LogP contribution in [0.4, 0.5) is 10.5 Å². The molecule has 32 heavy (non-hydrogen) atoms. The van der Waals surface area contributed by atoms with Gasteiger partial charge in [0.15, 0.2) is 11.5 Å². The first-order valence-corrected chi connectivity index (χ1v) is 11.8. The monoisotopic (exact) mass is 459 g/mol. The first kappa shape index (κ1) is 21.9. The van der Waals surface area contributed by atoms with Crippen LogP contribution in [0.15, 0.2) is 47.4 Å². The minimum Gasteiger partial charge on any atom is -0.490 e. The lowest BCUT2D eigenvalue weighted by molar-refractivity contribution is -0.122. The summed E-state index contributed by atoms with van der Waals surface area (Å²) in [7, 11) is -4.14. The van der Waals surface area contributed by atoms with Gasteiger partial charge in [0, 0.05) is 6.42 Å². The van der Waals surface area contributed by atoms with Gasteiger partial charge in [-0.25, -0.2) is 17.5 Å². The number of para-hydroxylation sites is 1. The van der Waals surface area contributed by atoms with Gasteiger partial charge in [-0.15, -0.1) is 0 Å². The van der Waals surface area contributed by atoms with Crippen molar-refractivity contribution in [2.24, 2.45) is 5.92 Å². The van der Waals surface area contributed by atoms with Gasteiger partial charge < -0.3 is 20.1 Å². The minimum atomic E-state index is -4.14. The molecule has 170 valence electrons. The van der Waals surface area contributed by atoms with E-state index in [0.717, 1.165) is 12.0 Å². The van der Waals surface area contributed by atoms with Crippen LogP contribution >= 0.6 is 0 Å². The van der Waals surface area contributed by atoms with E-state index in [1.165, 1.54) is 12.1 Å². The van der Waals surface area contributed by atoms with Crippen molar-refractivity contribution in [2.45, 2.75) is 31.2 Å². The fourth-order valence-electron chi connectivity index (χ4n) is 3.71. The van der Waals surface area contributed by atoms with Gasteiger partial charge in [-0.2, -0.15) is 0 Å². The van der Waals surface area contributed by atoms with Gasteiger partial charge >= 0.3 is 6.03 Å². The molecule has 1 atom stereocenters. The van der Waals surface area contributed by atoms with Crippen LogP contribution in [0, 0.1) is 5.92 Å². The molecule has 2 aliphatic heterocycles. The summed E-state index contributed by atoms with van der Waals surface area (Å²) in [6, 6.07) is 10.3. The fourth-order valence-corrected chi connectivity index (χ4v) is 5.15. The van der Waals surface area contributed by atoms with Gasteiger partial charge in [0.1, 0.15) is 11.4 Å². The lowest BCUT2D eigenvalue weighted by atomic mass is 9.95. The normalized spacial score (nSPS) is 17.7. The Balaban J connectivity index is 1.53. The van der Waals surface area contributed by atoms with Gasteiger partial charge in [-0.05, 0) is 35.7 Å². The first-order valence-electron chi connectivity index (χ1n) is 10.4. The number of nitrogens with one attached hydrogen (secondary N) is 2. The molecule has 2 aromatic carbocycles. The summed E-state index contributed by atoms with van der Waals surface area (Å²) < 4.78 is 37.7. The Bertz CT molecular complexity index is 1150. The van der Waals surface area contributed by atoms with E-state index >= 15 is 0 Å². The second kappa shape index (κ2) is 8.70. The summed E-state index contributed by atoms with van der Waals surface area (Å²) in [5.41, 5.74) is 0.996. The molecular formula is C22H25N3O6S. The van der Waals surface area contributed by atoms with E-state index in [1.807, 2.05) is 26.0 Å². The molecule has 0 saturated carbocycles. The highest BCUT2D eigenvalue weighted by Crippen LogP contribution is 2.34. The number of nitrogens with zero attached hydrogens (tertiary/aromatic N) is 1. The van der Waals surface area contributed by atoms with Crippen molar-refractivity contribution in [3.63, 3.8) is 0 Å². The maximum absolute atomic E-state index is 12.9. The molecule has 2 heterocycles. The van der Waals surface area contributed by atoms with Crippen molar-refractivity contribution in [3.8, 4) is 11.5 Å². The lowest BCUT2D eigenvalue weighted by Gasteiger charge is -2.29. The van der Waals surface area contributed by atoms with Crippen LogP contribution in [0.3, 0.4) is 0 Å². The van der Waals surface area contributed by atoms with Crippen LogP contribution in [-0.4, -0.2) is 44.4 Å². The number of hydrogen-bond acceptors (Lipinski definition) is 6. The SMILES string of the molecule is CC(C)C(NC(=O)CN1C(=O)Nc2ccccc2S1(=O)=O)c1ccc2c(c1)OCCCO2. The minimum absolute atomic E-state index is 0.00351. The van der Waals surface area contributed by atoms with E-state index in [0.29, 0.717) is 29.0 Å². The molecule has 4 rings (SSSR count). The zero-order valence-electron chi connectivity index (χ0n) is 17.8. The van der Waals surface area contributed by atoms with Crippen LogP contribution in [0.2, 0.25) is 0 Å². The van der Waals surface area contributed by atoms with E-state index in [-0.39, 0.29) is 16.5 Å². The molecule has 0 saturated heterocycles. The second-order valence-electron chi connectivity index (χ2n) is 7.98. The van der Waals surface area contributed by atoms with Crippen molar-refractivity contribution in [3.05, 3.63) is 48.0 Å². The molecular weight excluding hydrogens is 434 g/mol. The number of sulfonamides is 1. The summed E-state index contributed by atoms with van der Waals surface area (Å²) in [5.74, 6) is 0.662. The summed E-state index contributed by atoms with van der Waals surface area (Å²) in [6.45, 7) is 4.37. The summed E-state index contributed by atoms with van der Waals surface area (Å²) in [5, 5.41) is 5.38. The molecule has 0 spiro atoms. The Morgan fingerprint density at radius 3 is 2.59 bits per heavy atom. The van der Waals surface area contributed by atoms with Crippen LogP contribution in [-0.2, 0) is 14.8 Å². The van der Waals surface area contributed by atoms with Crippen LogP contribution in [0.25, 0.3) is 0 Å². The molecule has 0 radical (unpaired) electrons. The van der Waals surface area contributed by atoms with Gasteiger partial charge in [-0.1, -0.05) is 32.0 Å². The number of benzene rings is 2. The topological polar surface area (TPSA) is 114 Å². The quantitative estimate of drug-likeness (QED) is 0.711. The number of amides is 3. The number of ether oxygens (including phenoxy) is 2. The Kier molecular flexibility index (Phi) is 5.96. The summed E-state index contributed by atoms with van der Waals surface area (Å²) >= 11 is 0. The van der Waals surface area contributed by atoms with Crippen LogP contribution in [0.1, 0.15) is 31.9 Å². The Morgan fingerprint density at radius 2 is 1.84 bits per heavy atom. The van der Waals surface area contributed by atoms with Crippen molar-refractivity contribution in [1.29, 1.82) is 0 Å². The smallest absolute Gasteiger partial charge is 0.336 e. The molecule has 2 N–H and O–H groups in total. The average Bonchev–Trinajstić information content (AvgIpc) is 3.00. The highest BCUT2D eigenvalue weighted by atomic mass is 32.2. The number of hydrogen-bond donors (Lipinski definition) is 2. The number of anilines is 1. The van der Waals surface area contributed by atoms with E-state index in [4.69, 9.17) is 9.47 Å². The highest BCUT2D eigenvalue weighted by Gasteiger charge is 2.38. The zero-order valence-corrected chi connectivity index (χ0v) is 18.6. The standard InChI is InChI=1S/C22H25N3O6S/c1-14(2)21(15-8-9-17-18(12-15)31-11-5-10-30-17)24-20(26)13-25-22(27)23-16-6-3-4-7-19(16)32(25,28)29/h3-4,6-9,12,14,21H,5,10-11,13H2,1-2H3,(H,23,27)(H,24,26). The van der Waals surface area contributed by atoms with Crippen molar-refractivity contribution < 1.29 is 27.5 Å². The molecule has 1 unspecified atom stereocenters. The van der Waals surface area contributed by atoms with Crippen molar-refractivity contribution in [2.75, 3.05) is 25.1 Å². The Morgan fingerprint density at radius 1 is 1.12 bits per heavy atom. The third kappa shape index (κ3) is 4.22. The third-order valence-electron chi connectivity index (χ3n) is 5.32. The number of urea groups is 1. The number of fused-ring (bicyclic) bond motifs is 2. The summed E-state index contributed by atoms with van der Waals surface area (Å²) in [6.07, 6.45) is 0.782. The first-order chi connectivity index (χ1) is 15.3. The number of carbonyl (C=O) groups excluding carboxylic acids is 2. The summed E-state index contributed by atoms with van der Waals surface area (Å²) in [4.78, 5) is 25.2. The molecule has 0 aromatic heterocycles.